The minimum atomic E-state index is -0.582. The SMILES string of the molecule is COC(=O)c1ncc(-c2cc3cccc(-c4cc(C(C)C)c5c(c4)n(C)c(=O)n5C)c3cn2)cn1. The molecule has 0 bridgehead atoms. The second kappa shape index (κ2) is 8.47. The number of rotatable bonds is 4. The molecule has 0 fully saturated rings. The van der Waals surface area contributed by atoms with Crippen LogP contribution in [0.4, 0.5) is 0 Å². The predicted octanol–water partition coefficient (Wildman–Crippen LogP) is 4.46. The molecule has 5 rings (SSSR count). The van der Waals surface area contributed by atoms with Gasteiger partial charge >= 0.3 is 11.7 Å². The zero-order valence-corrected chi connectivity index (χ0v) is 20.2. The Hall–Kier alpha value is -4.33. The number of hydrogen-bond acceptors (Lipinski definition) is 6. The van der Waals surface area contributed by atoms with Crippen LogP contribution in [0.3, 0.4) is 0 Å². The number of ether oxygens (including phenoxy) is 1. The van der Waals surface area contributed by atoms with Crippen LogP contribution in [-0.4, -0.2) is 37.2 Å². The van der Waals surface area contributed by atoms with E-state index >= 15 is 0 Å². The topological polar surface area (TPSA) is 91.9 Å². The number of methoxy groups -OCH3 is 1. The summed E-state index contributed by atoms with van der Waals surface area (Å²) in [5.41, 5.74) is 6.44. The van der Waals surface area contributed by atoms with Gasteiger partial charge in [0.2, 0.25) is 5.82 Å². The third-order valence-corrected chi connectivity index (χ3v) is 6.40. The van der Waals surface area contributed by atoms with Crippen molar-refractivity contribution in [1.29, 1.82) is 0 Å². The lowest BCUT2D eigenvalue weighted by Gasteiger charge is -2.14. The van der Waals surface area contributed by atoms with Crippen LogP contribution in [0.5, 0.6) is 0 Å². The van der Waals surface area contributed by atoms with Crippen LogP contribution in [0.15, 0.2) is 59.8 Å². The molecule has 0 aliphatic carbocycles. The predicted molar refractivity (Wildman–Crippen MR) is 135 cm³/mol. The molecule has 5 aromatic rings. The fraction of sp³-hybridized carbons (Fsp3) is 0.222. The number of benzene rings is 2. The zero-order chi connectivity index (χ0) is 24.9. The van der Waals surface area contributed by atoms with E-state index in [4.69, 9.17) is 0 Å². The van der Waals surface area contributed by atoms with Gasteiger partial charge < -0.3 is 4.74 Å². The number of carbonyl (C=O) groups excluding carboxylic acids is 1. The lowest BCUT2D eigenvalue weighted by molar-refractivity contribution is 0.0586. The van der Waals surface area contributed by atoms with E-state index in [2.05, 4.69) is 51.7 Å². The van der Waals surface area contributed by atoms with Crippen molar-refractivity contribution in [2.24, 2.45) is 14.1 Å². The molecule has 0 saturated heterocycles. The minimum absolute atomic E-state index is 0.00554. The Labute approximate surface area is 201 Å². The summed E-state index contributed by atoms with van der Waals surface area (Å²) in [6, 6.07) is 12.4. The van der Waals surface area contributed by atoms with Gasteiger partial charge in [-0.05, 0) is 46.2 Å². The molecule has 8 nitrogen and oxygen atoms in total. The van der Waals surface area contributed by atoms with Crippen LogP contribution in [0.25, 0.3) is 44.2 Å². The lowest BCUT2D eigenvalue weighted by Crippen LogP contribution is -2.19. The number of hydrogen-bond donors (Lipinski definition) is 0. The first-order valence-corrected chi connectivity index (χ1v) is 11.3. The van der Waals surface area contributed by atoms with Crippen LogP contribution < -0.4 is 5.69 Å². The molecule has 0 aliphatic heterocycles. The molecule has 35 heavy (non-hydrogen) atoms. The van der Waals surface area contributed by atoms with Crippen LogP contribution in [0.1, 0.15) is 35.9 Å². The van der Waals surface area contributed by atoms with Crippen LogP contribution in [-0.2, 0) is 18.8 Å². The second-order valence-corrected chi connectivity index (χ2v) is 8.87. The van der Waals surface area contributed by atoms with Gasteiger partial charge in [-0.1, -0.05) is 32.0 Å². The summed E-state index contributed by atoms with van der Waals surface area (Å²) in [6.45, 7) is 4.28. The Morgan fingerprint density at radius 1 is 0.943 bits per heavy atom. The molecule has 0 atom stereocenters. The van der Waals surface area contributed by atoms with E-state index in [1.807, 2.05) is 38.5 Å². The highest BCUT2D eigenvalue weighted by Crippen LogP contribution is 2.35. The summed E-state index contributed by atoms with van der Waals surface area (Å²) in [6.07, 6.45) is 4.98. The maximum Gasteiger partial charge on any atom is 0.376 e. The smallest absolute Gasteiger partial charge is 0.376 e. The number of imidazole rings is 1. The highest BCUT2D eigenvalue weighted by molar-refractivity contribution is 5.99. The molecule has 176 valence electrons. The zero-order valence-electron chi connectivity index (χ0n) is 20.2. The van der Waals surface area contributed by atoms with Crippen molar-refractivity contribution in [1.82, 2.24) is 24.1 Å². The van der Waals surface area contributed by atoms with Gasteiger partial charge in [-0.15, -0.1) is 0 Å². The lowest BCUT2D eigenvalue weighted by atomic mass is 9.93. The van der Waals surface area contributed by atoms with Crippen molar-refractivity contribution >= 4 is 27.8 Å². The van der Waals surface area contributed by atoms with Crippen molar-refractivity contribution < 1.29 is 9.53 Å². The molecule has 0 saturated carbocycles. The van der Waals surface area contributed by atoms with E-state index in [9.17, 15) is 9.59 Å². The van der Waals surface area contributed by atoms with Gasteiger partial charge in [-0.3, -0.25) is 14.1 Å². The quantitative estimate of drug-likeness (QED) is 0.363. The average molecular weight is 468 g/mol. The van der Waals surface area contributed by atoms with Crippen LogP contribution in [0.2, 0.25) is 0 Å². The molecular weight excluding hydrogens is 442 g/mol. The minimum Gasteiger partial charge on any atom is -0.463 e. The van der Waals surface area contributed by atoms with Gasteiger partial charge in [0, 0.05) is 43.6 Å². The molecule has 0 radical (unpaired) electrons. The third kappa shape index (κ3) is 3.67. The Kier molecular flexibility index (Phi) is 5.43. The van der Waals surface area contributed by atoms with E-state index in [-0.39, 0.29) is 17.4 Å². The van der Waals surface area contributed by atoms with E-state index in [1.165, 1.54) is 7.11 Å². The van der Waals surface area contributed by atoms with Gasteiger partial charge in [-0.2, -0.15) is 0 Å². The second-order valence-electron chi connectivity index (χ2n) is 8.87. The first-order valence-electron chi connectivity index (χ1n) is 11.3. The van der Waals surface area contributed by atoms with Gasteiger partial charge in [-0.25, -0.2) is 19.6 Å². The van der Waals surface area contributed by atoms with E-state index < -0.39 is 5.97 Å². The number of fused-ring (bicyclic) bond motifs is 2. The number of carbonyl (C=O) groups is 1. The molecule has 0 amide bonds. The molecule has 3 heterocycles. The van der Waals surface area contributed by atoms with Gasteiger partial charge in [0.25, 0.3) is 0 Å². The summed E-state index contributed by atoms with van der Waals surface area (Å²) in [5, 5.41) is 2.01. The number of aryl methyl sites for hydroxylation is 2. The first kappa shape index (κ1) is 22.5. The highest BCUT2D eigenvalue weighted by atomic mass is 16.5. The Balaban J connectivity index is 1.65. The van der Waals surface area contributed by atoms with Gasteiger partial charge in [0.05, 0.1) is 23.8 Å². The third-order valence-electron chi connectivity index (χ3n) is 6.40. The van der Waals surface area contributed by atoms with E-state index in [0.29, 0.717) is 11.3 Å². The maximum absolute atomic E-state index is 12.7. The van der Waals surface area contributed by atoms with Crippen molar-refractivity contribution in [2.45, 2.75) is 19.8 Å². The van der Waals surface area contributed by atoms with Crippen molar-refractivity contribution in [3.63, 3.8) is 0 Å². The van der Waals surface area contributed by atoms with Crippen molar-refractivity contribution in [3.05, 3.63) is 76.9 Å². The standard InChI is InChI=1S/C27H25N5O3/c1-15(2)20-9-17(11-23-24(20)32(4)27(34)31(23)3)19-8-6-7-16-10-22(28-14-21(16)19)18-12-29-25(30-13-18)26(33)35-5/h6-15H,1-5H3. The monoisotopic (exact) mass is 467 g/mol. The summed E-state index contributed by atoms with van der Waals surface area (Å²) < 4.78 is 8.08. The van der Waals surface area contributed by atoms with Gasteiger partial charge in [0.15, 0.2) is 0 Å². The molecule has 0 spiro atoms. The number of esters is 1. The normalized spacial score (nSPS) is 11.5. The molecule has 2 aromatic carbocycles. The molecule has 8 heteroatoms. The van der Waals surface area contributed by atoms with Crippen molar-refractivity contribution in [3.8, 4) is 22.4 Å². The Morgan fingerprint density at radius 2 is 1.69 bits per heavy atom. The highest BCUT2D eigenvalue weighted by Gasteiger charge is 2.18. The van der Waals surface area contributed by atoms with E-state index in [0.717, 1.165) is 38.5 Å². The largest absolute Gasteiger partial charge is 0.463 e. The van der Waals surface area contributed by atoms with Crippen LogP contribution >= 0.6 is 0 Å². The Morgan fingerprint density at radius 3 is 2.37 bits per heavy atom. The molecular formula is C27H25N5O3. The fourth-order valence-electron chi connectivity index (χ4n) is 4.52. The molecule has 0 aliphatic rings. The summed E-state index contributed by atoms with van der Waals surface area (Å²) in [4.78, 5) is 37.1. The van der Waals surface area contributed by atoms with Crippen molar-refractivity contribution in [2.75, 3.05) is 7.11 Å². The number of nitrogens with zero attached hydrogens (tertiary/aromatic N) is 5. The molecule has 3 aromatic heterocycles. The molecule has 0 N–H and O–H groups in total. The number of pyridine rings is 1. The number of aromatic nitrogens is 5. The maximum atomic E-state index is 12.7. The van der Waals surface area contributed by atoms with E-state index in [1.54, 1.807) is 21.5 Å². The average Bonchev–Trinajstić information content (AvgIpc) is 3.10. The van der Waals surface area contributed by atoms with Gasteiger partial charge in [0.1, 0.15) is 0 Å². The summed E-state index contributed by atoms with van der Waals surface area (Å²) in [7, 11) is 4.92. The summed E-state index contributed by atoms with van der Waals surface area (Å²) >= 11 is 0. The first-order chi connectivity index (χ1) is 16.8. The Bertz CT molecular complexity index is 1660. The van der Waals surface area contributed by atoms with Crippen LogP contribution in [0, 0.1) is 0 Å². The molecule has 0 unspecified atom stereocenters. The summed E-state index contributed by atoms with van der Waals surface area (Å²) in [5.74, 6) is -0.328. The fourth-order valence-corrected chi connectivity index (χ4v) is 4.52.